The molecular weight excluding hydrogens is 394 g/mol. The molecule has 0 spiro atoms. The van der Waals surface area contributed by atoms with E-state index in [0.29, 0.717) is 18.8 Å². The van der Waals surface area contributed by atoms with Crippen molar-refractivity contribution in [3.63, 3.8) is 0 Å². The lowest BCUT2D eigenvalue weighted by molar-refractivity contribution is -0.129. The van der Waals surface area contributed by atoms with Gasteiger partial charge in [-0.2, -0.15) is 0 Å². The summed E-state index contributed by atoms with van der Waals surface area (Å²) in [6.45, 7) is 6.30. The van der Waals surface area contributed by atoms with E-state index in [0.717, 1.165) is 23.0 Å². The summed E-state index contributed by atoms with van der Waals surface area (Å²) in [7, 11) is 4.04. The van der Waals surface area contributed by atoms with Crippen molar-refractivity contribution in [2.24, 2.45) is 0 Å². The third-order valence-corrected chi connectivity index (χ3v) is 5.92. The number of aryl methyl sites for hydroxylation is 2. The molecule has 0 N–H and O–H groups in total. The zero-order valence-electron chi connectivity index (χ0n) is 18.1. The largest absolute Gasteiger partial charge is 0.336 e. The number of aromatic nitrogens is 3. The Kier molecular flexibility index (Phi) is 7.65. The average Bonchev–Trinajstić information content (AvgIpc) is 3.20. The Balaban J connectivity index is 1.69. The fraction of sp³-hybridized carbons (Fsp3) is 0.348. The van der Waals surface area contributed by atoms with Crippen LogP contribution in [0, 0.1) is 13.8 Å². The Morgan fingerprint density at radius 2 is 1.80 bits per heavy atom. The van der Waals surface area contributed by atoms with E-state index in [-0.39, 0.29) is 5.91 Å². The molecule has 0 aliphatic carbocycles. The Bertz CT molecular complexity index is 971. The first-order valence-corrected chi connectivity index (χ1v) is 11.0. The highest BCUT2D eigenvalue weighted by molar-refractivity contribution is 7.99. The number of hydrogen-bond acceptors (Lipinski definition) is 5. The van der Waals surface area contributed by atoms with Crippen molar-refractivity contribution in [1.82, 2.24) is 24.6 Å². The zero-order chi connectivity index (χ0) is 21.5. The van der Waals surface area contributed by atoms with Gasteiger partial charge in [-0.3, -0.25) is 9.36 Å². The van der Waals surface area contributed by atoms with Gasteiger partial charge in [-0.05, 0) is 56.8 Å². The molecule has 0 saturated carbocycles. The van der Waals surface area contributed by atoms with Crippen molar-refractivity contribution in [2.45, 2.75) is 25.5 Å². The number of nitrogens with zero attached hydrogens (tertiary/aromatic N) is 5. The lowest BCUT2D eigenvalue weighted by atomic mass is 10.1. The van der Waals surface area contributed by atoms with Gasteiger partial charge in [-0.1, -0.05) is 48.2 Å². The first kappa shape index (κ1) is 22.1. The highest BCUT2D eigenvalue weighted by Gasteiger charge is 2.17. The maximum Gasteiger partial charge on any atom is 0.233 e. The molecule has 0 atom stereocenters. The Hall–Kier alpha value is -2.64. The van der Waals surface area contributed by atoms with Crippen molar-refractivity contribution >= 4 is 17.7 Å². The molecule has 0 aliphatic rings. The Morgan fingerprint density at radius 1 is 1.03 bits per heavy atom. The number of thioether (sulfide) groups is 1. The van der Waals surface area contributed by atoms with E-state index < -0.39 is 0 Å². The molecular formula is C23H29N5OS. The highest BCUT2D eigenvalue weighted by Crippen LogP contribution is 2.22. The molecule has 0 unspecified atom stereocenters. The second-order valence-corrected chi connectivity index (χ2v) is 8.59. The van der Waals surface area contributed by atoms with Crippen molar-refractivity contribution in [3.05, 3.63) is 71.5 Å². The second kappa shape index (κ2) is 10.4. The molecule has 7 heteroatoms. The van der Waals surface area contributed by atoms with Crippen LogP contribution in [-0.4, -0.2) is 63.4 Å². The van der Waals surface area contributed by atoms with E-state index >= 15 is 0 Å². The minimum absolute atomic E-state index is 0.0975. The van der Waals surface area contributed by atoms with E-state index in [9.17, 15) is 4.79 Å². The molecule has 30 heavy (non-hydrogen) atoms. The van der Waals surface area contributed by atoms with Crippen molar-refractivity contribution in [1.29, 1.82) is 0 Å². The molecule has 3 aromatic rings. The minimum atomic E-state index is 0.0975. The fourth-order valence-corrected chi connectivity index (χ4v) is 3.84. The normalized spacial score (nSPS) is 11.1. The Morgan fingerprint density at radius 3 is 2.50 bits per heavy atom. The van der Waals surface area contributed by atoms with Gasteiger partial charge in [0, 0.05) is 25.3 Å². The van der Waals surface area contributed by atoms with Gasteiger partial charge in [0.2, 0.25) is 5.91 Å². The van der Waals surface area contributed by atoms with Crippen LogP contribution in [0.15, 0.2) is 60.0 Å². The number of rotatable bonds is 9. The molecule has 0 aliphatic heterocycles. The summed E-state index contributed by atoms with van der Waals surface area (Å²) in [6.07, 6.45) is 1.70. The third-order valence-electron chi connectivity index (χ3n) is 5.00. The summed E-state index contributed by atoms with van der Waals surface area (Å²) >= 11 is 1.42. The maximum absolute atomic E-state index is 13.0. The summed E-state index contributed by atoms with van der Waals surface area (Å²) in [4.78, 5) is 17.0. The predicted octanol–water partition coefficient (Wildman–Crippen LogP) is 3.57. The van der Waals surface area contributed by atoms with Crippen LogP contribution in [0.4, 0.5) is 0 Å². The van der Waals surface area contributed by atoms with Gasteiger partial charge in [-0.15, -0.1) is 10.2 Å². The van der Waals surface area contributed by atoms with Crippen LogP contribution < -0.4 is 0 Å². The number of benzene rings is 2. The first-order valence-electron chi connectivity index (χ1n) is 10.0. The average molecular weight is 424 g/mol. The molecule has 158 valence electrons. The number of carbonyl (C=O) groups excluding carboxylic acids is 1. The quantitative estimate of drug-likeness (QED) is 0.493. The predicted molar refractivity (Wildman–Crippen MR) is 122 cm³/mol. The number of amides is 1. The van der Waals surface area contributed by atoms with Gasteiger partial charge in [0.1, 0.15) is 6.33 Å². The van der Waals surface area contributed by atoms with Gasteiger partial charge in [0.25, 0.3) is 0 Å². The van der Waals surface area contributed by atoms with E-state index in [2.05, 4.69) is 59.3 Å². The molecule has 0 saturated heterocycles. The minimum Gasteiger partial charge on any atom is -0.336 e. The van der Waals surface area contributed by atoms with Crippen molar-refractivity contribution in [2.75, 3.05) is 32.9 Å². The molecule has 0 radical (unpaired) electrons. The van der Waals surface area contributed by atoms with Crippen LogP contribution in [0.5, 0.6) is 0 Å². The summed E-state index contributed by atoms with van der Waals surface area (Å²) in [5, 5.41) is 9.01. The number of hydrogen-bond donors (Lipinski definition) is 0. The van der Waals surface area contributed by atoms with Gasteiger partial charge in [-0.25, -0.2) is 0 Å². The fourth-order valence-electron chi connectivity index (χ4n) is 3.01. The first-order chi connectivity index (χ1) is 14.4. The molecule has 0 bridgehead atoms. The smallest absolute Gasteiger partial charge is 0.233 e. The van der Waals surface area contributed by atoms with Gasteiger partial charge in [0.05, 0.1) is 5.75 Å². The number of likely N-dealkylation sites (N-methyl/N-ethyl adjacent to an activating group) is 1. The monoisotopic (exact) mass is 423 g/mol. The maximum atomic E-state index is 13.0. The SMILES string of the molecule is Cc1ccc(-n2cnnc2SCC(=O)N(CCN(C)C)Cc2ccccc2)cc1C. The van der Waals surface area contributed by atoms with Crippen molar-refractivity contribution in [3.8, 4) is 5.69 Å². The summed E-state index contributed by atoms with van der Waals surface area (Å²) in [5.74, 6) is 0.421. The lowest BCUT2D eigenvalue weighted by Gasteiger charge is -2.24. The summed E-state index contributed by atoms with van der Waals surface area (Å²) in [5.41, 5.74) is 4.60. The molecule has 0 fully saturated rings. The van der Waals surface area contributed by atoms with Crippen LogP contribution in [0.2, 0.25) is 0 Å². The summed E-state index contributed by atoms with van der Waals surface area (Å²) < 4.78 is 1.94. The molecule has 1 aromatic heterocycles. The van der Waals surface area contributed by atoms with Crippen molar-refractivity contribution < 1.29 is 4.79 Å². The van der Waals surface area contributed by atoms with Crippen LogP contribution in [0.1, 0.15) is 16.7 Å². The molecule has 2 aromatic carbocycles. The topological polar surface area (TPSA) is 54.3 Å². The third kappa shape index (κ3) is 5.93. The molecule has 3 rings (SSSR count). The second-order valence-electron chi connectivity index (χ2n) is 7.64. The molecule has 1 amide bonds. The standard InChI is InChI=1S/C23H29N5OS/c1-18-10-11-21(14-19(18)2)28-17-24-25-23(28)30-16-22(29)27(13-12-26(3)4)15-20-8-6-5-7-9-20/h5-11,14,17H,12-13,15-16H2,1-4H3. The van der Waals surface area contributed by atoms with Crippen LogP contribution >= 0.6 is 11.8 Å². The van der Waals surface area contributed by atoms with E-state index in [1.807, 2.05) is 41.8 Å². The van der Waals surface area contributed by atoms with E-state index in [1.54, 1.807) is 6.33 Å². The van der Waals surface area contributed by atoms with Crippen LogP contribution in [-0.2, 0) is 11.3 Å². The van der Waals surface area contributed by atoms with Crippen LogP contribution in [0.3, 0.4) is 0 Å². The number of carbonyl (C=O) groups is 1. The molecule has 1 heterocycles. The van der Waals surface area contributed by atoms with Gasteiger partial charge < -0.3 is 9.80 Å². The molecule has 6 nitrogen and oxygen atoms in total. The highest BCUT2D eigenvalue weighted by atomic mass is 32.2. The van der Waals surface area contributed by atoms with Gasteiger partial charge >= 0.3 is 0 Å². The van der Waals surface area contributed by atoms with E-state index in [4.69, 9.17) is 0 Å². The Labute approximate surface area is 182 Å². The lowest BCUT2D eigenvalue weighted by Crippen LogP contribution is -2.37. The summed E-state index contributed by atoms with van der Waals surface area (Å²) in [6, 6.07) is 16.4. The van der Waals surface area contributed by atoms with E-state index in [1.165, 1.54) is 22.9 Å². The van der Waals surface area contributed by atoms with Crippen LogP contribution in [0.25, 0.3) is 5.69 Å². The zero-order valence-corrected chi connectivity index (χ0v) is 18.9. The van der Waals surface area contributed by atoms with Gasteiger partial charge in [0.15, 0.2) is 5.16 Å².